The van der Waals surface area contributed by atoms with Gasteiger partial charge in [0.25, 0.3) is 0 Å². The number of benzene rings is 1. The SMILES string of the molecule is CC(=O)NC1(C(=O)OCc2csc3ccccc23)CCCCC1. The highest BCUT2D eigenvalue weighted by Gasteiger charge is 2.41. The highest BCUT2D eigenvalue weighted by Crippen LogP contribution is 2.31. The molecule has 1 amide bonds. The zero-order chi connectivity index (χ0) is 16.3. The molecule has 1 saturated carbocycles. The van der Waals surface area contributed by atoms with Crippen molar-refractivity contribution in [3.63, 3.8) is 0 Å². The molecule has 0 atom stereocenters. The average Bonchev–Trinajstić information content (AvgIpc) is 2.96. The van der Waals surface area contributed by atoms with Crippen molar-refractivity contribution in [2.45, 2.75) is 51.2 Å². The number of carbonyl (C=O) groups is 2. The summed E-state index contributed by atoms with van der Waals surface area (Å²) in [7, 11) is 0. The first-order valence-corrected chi connectivity index (χ1v) is 8.90. The quantitative estimate of drug-likeness (QED) is 0.867. The van der Waals surface area contributed by atoms with Crippen LogP contribution in [-0.4, -0.2) is 17.4 Å². The molecular weight excluding hydrogens is 310 g/mol. The Kier molecular flexibility index (Phi) is 4.66. The van der Waals surface area contributed by atoms with Gasteiger partial charge in [-0.1, -0.05) is 37.5 Å². The van der Waals surface area contributed by atoms with Crippen molar-refractivity contribution in [1.82, 2.24) is 5.32 Å². The van der Waals surface area contributed by atoms with Crippen LogP contribution < -0.4 is 5.32 Å². The summed E-state index contributed by atoms with van der Waals surface area (Å²) in [6.07, 6.45) is 4.31. The molecule has 23 heavy (non-hydrogen) atoms. The number of nitrogens with one attached hydrogen (secondary N) is 1. The molecule has 122 valence electrons. The molecule has 1 aromatic carbocycles. The monoisotopic (exact) mass is 331 g/mol. The van der Waals surface area contributed by atoms with Crippen LogP contribution >= 0.6 is 11.3 Å². The summed E-state index contributed by atoms with van der Waals surface area (Å²) in [6.45, 7) is 1.71. The van der Waals surface area contributed by atoms with Gasteiger partial charge in [0, 0.05) is 17.2 Å². The van der Waals surface area contributed by atoms with Gasteiger partial charge in [0.2, 0.25) is 5.91 Å². The van der Waals surface area contributed by atoms with E-state index in [9.17, 15) is 9.59 Å². The van der Waals surface area contributed by atoms with E-state index in [1.807, 2.05) is 23.6 Å². The number of hydrogen-bond acceptors (Lipinski definition) is 4. The van der Waals surface area contributed by atoms with Gasteiger partial charge in [0.05, 0.1) is 0 Å². The predicted octanol–water partition coefficient (Wildman–Crippen LogP) is 3.78. The van der Waals surface area contributed by atoms with Crippen LogP contribution in [0.4, 0.5) is 0 Å². The summed E-state index contributed by atoms with van der Waals surface area (Å²) in [6, 6.07) is 8.09. The largest absolute Gasteiger partial charge is 0.459 e. The minimum atomic E-state index is -0.837. The van der Waals surface area contributed by atoms with Crippen LogP contribution in [0.2, 0.25) is 0 Å². The molecule has 0 aliphatic heterocycles. The highest BCUT2D eigenvalue weighted by atomic mass is 32.1. The Morgan fingerprint density at radius 2 is 1.96 bits per heavy atom. The second-order valence-corrected chi connectivity index (χ2v) is 7.07. The lowest BCUT2D eigenvalue weighted by Crippen LogP contribution is -2.55. The molecule has 5 heteroatoms. The number of esters is 1. The summed E-state index contributed by atoms with van der Waals surface area (Å²) in [4.78, 5) is 24.2. The van der Waals surface area contributed by atoms with Crippen molar-refractivity contribution >= 4 is 33.3 Å². The van der Waals surface area contributed by atoms with Crippen LogP contribution in [0.5, 0.6) is 0 Å². The number of fused-ring (bicyclic) bond motifs is 1. The first kappa shape index (κ1) is 16.0. The molecule has 1 heterocycles. The molecule has 0 saturated heterocycles. The number of carbonyl (C=O) groups excluding carboxylic acids is 2. The van der Waals surface area contributed by atoms with E-state index in [4.69, 9.17) is 4.74 Å². The van der Waals surface area contributed by atoms with E-state index < -0.39 is 5.54 Å². The van der Waals surface area contributed by atoms with Crippen LogP contribution in [0.1, 0.15) is 44.6 Å². The van der Waals surface area contributed by atoms with Gasteiger partial charge >= 0.3 is 5.97 Å². The molecule has 1 fully saturated rings. The van der Waals surface area contributed by atoms with Crippen molar-refractivity contribution in [2.75, 3.05) is 0 Å². The van der Waals surface area contributed by atoms with Crippen molar-refractivity contribution in [3.8, 4) is 0 Å². The fourth-order valence-corrected chi connectivity index (χ4v) is 4.25. The maximum atomic E-state index is 12.7. The smallest absolute Gasteiger partial charge is 0.332 e. The highest BCUT2D eigenvalue weighted by molar-refractivity contribution is 7.17. The molecular formula is C18H21NO3S. The molecule has 2 aromatic rings. The topological polar surface area (TPSA) is 55.4 Å². The number of ether oxygens (including phenoxy) is 1. The minimum absolute atomic E-state index is 0.176. The van der Waals surface area contributed by atoms with Gasteiger partial charge in [-0.2, -0.15) is 0 Å². The standard InChI is InChI=1S/C18H21NO3S/c1-13(20)19-18(9-5-2-6-10-18)17(21)22-11-14-12-23-16-8-4-3-7-15(14)16/h3-4,7-8,12H,2,5-6,9-11H2,1H3,(H,19,20). The van der Waals surface area contributed by atoms with Gasteiger partial charge in [-0.3, -0.25) is 4.79 Å². The lowest BCUT2D eigenvalue weighted by Gasteiger charge is -2.35. The third-order valence-electron chi connectivity index (χ3n) is 4.43. The summed E-state index contributed by atoms with van der Waals surface area (Å²) in [5.41, 5.74) is 0.184. The van der Waals surface area contributed by atoms with E-state index >= 15 is 0 Å². The molecule has 0 radical (unpaired) electrons. The first-order valence-electron chi connectivity index (χ1n) is 8.02. The van der Waals surface area contributed by atoms with Crippen LogP contribution in [0, 0.1) is 0 Å². The fraction of sp³-hybridized carbons (Fsp3) is 0.444. The first-order chi connectivity index (χ1) is 11.1. The van der Waals surface area contributed by atoms with E-state index in [1.54, 1.807) is 11.3 Å². The number of thiophene rings is 1. The summed E-state index contributed by atoms with van der Waals surface area (Å²) < 4.78 is 6.78. The van der Waals surface area contributed by atoms with Crippen molar-refractivity contribution in [2.24, 2.45) is 0 Å². The second-order valence-electron chi connectivity index (χ2n) is 6.16. The zero-order valence-electron chi connectivity index (χ0n) is 13.3. The average molecular weight is 331 g/mol. The third kappa shape index (κ3) is 3.39. The Morgan fingerprint density at radius 1 is 1.22 bits per heavy atom. The van der Waals surface area contributed by atoms with E-state index in [0.29, 0.717) is 12.8 Å². The van der Waals surface area contributed by atoms with Gasteiger partial charge in [-0.05, 0) is 29.7 Å². The number of hydrogen-bond donors (Lipinski definition) is 1. The van der Waals surface area contributed by atoms with Crippen molar-refractivity contribution in [1.29, 1.82) is 0 Å². The number of rotatable bonds is 4. The molecule has 0 bridgehead atoms. The normalized spacial score (nSPS) is 16.9. The summed E-state index contributed by atoms with van der Waals surface area (Å²) >= 11 is 1.65. The van der Waals surface area contributed by atoms with Gasteiger partial charge in [0.1, 0.15) is 12.1 Å². The Labute approximate surface area is 139 Å². The summed E-state index contributed by atoms with van der Waals surface area (Å²) in [5.74, 6) is -0.479. The van der Waals surface area contributed by atoms with Gasteiger partial charge < -0.3 is 10.1 Å². The molecule has 0 unspecified atom stereocenters. The Bertz CT molecular complexity index is 716. The molecule has 1 N–H and O–H groups in total. The second kappa shape index (κ2) is 6.71. The fourth-order valence-electron chi connectivity index (χ4n) is 3.30. The molecule has 0 spiro atoms. The predicted molar refractivity (Wildman–Crippen MR) is 91.3 cm³/mol. The lowest BCUT2D eigenvalue weighted by atomic mass is 9.81. The van der Waals surface area contributed by atoms with E-state index in [0.717, 1.165) is 30.2 Å². The third-order valence-corrected chi connectivity index (χ3v) is 5.45. The van der Waals surface area contributed by atoms with E-state index in [-0.39, 0.29) is 18.5 Å². The molecule has 1 aromatic heterocycles. The summed E-state index contributed by atoms with van der Waals surface area (Å²) in [5, 5.41) is 6.01. The van der Waals surface area contributed by atoms with Gasteiger partial charge in [-0.15, -0.1) is 11.3 Å². The maximum Gasteiger partial charge on any atom is 0.332 e. The van der Waals surface area contributed by atoms with Gasteiger partial charge in [-0.25, -0.2) is 4.79 Å². The molecule has 1 aliphatic carbocycles. The van der Waals surface area contributed by atoms with Crippen molar-refractivity contribution in [3.05, 3.63) is 35.2 Å². The van der Waals surface area contributed by atoms with E-state index in [2.05, 4.69) is 11.4 Å². The Balaban J connectivity index is 1.73. The van der Waals surface area contributed by atoms with Crippen LogP contribution in [-0.2, 0) is 20.9 Å². The van der Waals surface area contributed by atoms with Crippen LogP contribution in [0.25, 0.3) is 10.1 Å². The maximum absolute atomic E-state index is 12.7. The lowest BCUT2D eigenvalue weighted by molar-refractivity contribution is -0.156. The van der Waals surface area contributed by atoms with Crippen molar-refractivity contribution < 1.29 is 14.3 Å². The zero-order valence-corrected chi connectivity index (χ0v) is 14.1. The molecule has 4 nitrogen and oxygen atoms in total. The van der Waals surface area contributed by atoms with Crippen LogP contribution in [0.3, 0.4) is 0 Å². The Hall–Kier alpha value is -1.88. The van der Waals surface area contributed by atoms with Gasteiger partial charge in [0.15, 0.2) is 0 Å². The van der Waals surface area contributed by atoms with E-state index in [1.165, 1.54) is 11.6 Å². The Morgan fingerprint density at radius 3 is 2.70 bits per heavy atom. The van der Waals surface area contributed by atoms with Crippen LogP contribution in [0.15, 0.2) is 29.6 Å². The number of amides is 1. The molecule has 3 rings (SSSR count). The minimum Gasteiger partial charge on any atom is -0.459 e. The molecule has 1 aliphatic rings.